The van der Waals surface area contributed by atoms with Crippen molar-refractivity contribution in [2.24, 2.45) is 5.73 Å². The second-order valence-corrected chi connectivity index (χ2v) is 5.57. The summed E-state index contributed by atoms with van der Waals surface area (Å²) in [5.74, 6) is 0.154. The van der Waals surface area contributed by atoms with E-state index in [1.807, 2.05) is 11.9 Å². The molecule has 1 aliphatic rings. The smallest absolute Gasteiger partial charge is 0.241 e. The van der Waals surface area contributed by atoms with Gasteiger partial charge in [-0.05, 0) is 34.1 Å². The van der Waals surface area contributed by atoms with Gasteiger partial charge in [-0.15, -0.1) is 0 Å². The molecule has 1 unspecified atom stereocenters. The van der Waals surface area contributed by atoms with Gasteiger partial charge in [0.25, 0.3) is 0 Å². The summed E-state index contributed by atoms with van der Waals surface area (Å²) in [7, 11) is 1.87. The molecule has 1 saturated heterocycles. The van der Waals surface area contributed by atoms with Crippen LogP contribution in [0.1, 0.15) is 34.1 Å². The lowest BCUT2D eigenvalue weighted by atomic mass is 9.95. The minimum absolute atomic E-state index is 0.0264. The minimum atomic E-state index is -0.178. The van der Waals surface area contributed by atoms with Crippen molar-refractivity contribution in [3.8, 4) is 0 Å². The number of amides is 1. The first-order valence-electron chi connectivity index (χ1n) is 6.04. The lowest BCUT2D eigenvalue weighted by molar-refractivity contribution is -0.135. The Bertz CT molecular complexity index is 263. The van der Waals surface area contributed by atoms with E-state index in [0.717, 1.165) is 13.0 Å². The number of hydrogen-bond acceptors (Lipinski definition) is 3. The van der Waals surface area contributed by atoms with E-state index < -0.39 is 0 Å². The highest BCUT2D eigenvalue weighted by molar-refractivity contribution is 5.82. The third kappa shape index (κ3) is 2.38. The van der Waals surface area contributed by atoms with Gasteiger partial charge in [-0.1, -0.05) is 0 Å². The zero-order valence-electron chi connectivity index (χ0n) is 11.2. The molecule has 1 rings (SSSR count). The van der Waals surface area contributed by atoms with Crippen molar-refractivity contribution in [1.82, 2.24) is 9.80 Å². The molecular weight excluding hydrogens is 202 g/mol. The molecule has 16 heavy (non-hydrogen) atoms. The molecule has 0 saturated carbocycles. The summed E-state index contributed by atoms with van der Waals surface area (Å²) in [6.45, 7) is 9.85. The fourth-order valence-corrected chi connectivity index (χ4v) is 2.75. The van der Waals surface area contributed by atoms with Crippen molar-refractivity contribution in [2.75, 3.05) is 20.1 Å². The molecule has 0 aromatic heterocycles. The van der Waals surface area contributed by atoms with Gasteiger partial charge in [-0.3, -0.25) is 9.69 Å². The Labute approximate surface area is 98.8 Å². The molecular formula is C12H25N3O. The van der Waals surface area contributed by atoms with Crippen molar-refractivity contribution in [2.45, 2.75) is 51.7 Å². The summed E-state index contributed by atoms with van der Waals surface area (Å²) in [5, 5.41) is 0. The van der Waals surface area contributed by atoms with Gasteiger partial charge >= 0.3 is 0 Å². The molecule has 94 valence electrons. The number of nitrogens with two attached hydrogens (primary N) is 1. The highest BCUT2D eigenvalue weighted by Gasteiger charge is 2.41. The van der Waals surface area contributed by atoms with Crippen molar-refractivity contribution in [3.63, 3.8) is 0 Å². The van der Waals surface area contributed by atoms with E-state index in [2.05, 4.69) is 32.6 Å². The van der Waals surface area contributed by atoms with Crippen molar-refractivity contribution >= 4 is 5.91 Å². The average Bonchev–Trinajstić information content (AvgIpc) is 2.27. The molecule has 0 aromatic carbocycles. The Morgan fingerprint density at radius 3 is 2.50 bits per heavy atom. The Hall–Kier alpha value is -0.610. The van der Waals surface area contributed by atoms with Gasteiger partial charge in [0.15, 0.2) is 0 Å². The van der Waals surface area contributed by atoms with Crippen LogP contribution < -0.4 is 5.73 Å². The van der Waals surface area contributed by atoms with Crippen LogP contribution >= 0.6 is 0 Å². The van der Waals surface area contributed by atoms with Crippen molar-refractivity contribution < 1.29 is 4.79 Å². The zero-order valence-corrected chi connectivity index (χ0v) is 11.2. The molecule has 1 atom stereocenters. The highest BCUT2D eigenvalue weighted by atomic mass is 16.2. The number of nitrogens with zero attached hydrogens (tertiary/aromatic N) is 2. The summed E-state index contributed by atoms with van der Waals surface area (Å²) in [5.41, 5.74) is 5.81. The number of carbonyl (C=O) groups excluding carboxylic acids is 1. The SMILES string of the molecule is CC(C)N1C(CN)C(=O)N(C)CCC1(C)C. The van der Waals surface area contributed by atoms with Crippen LogP contribution in [0.25, 0.3) is 0 Å². The molecule has 1 fully saturated rings. The minimum Gasteiger partial charge on any atom is -0.344 e. The van der Waals surface area contributed by atoms with E-state index in [4.69, 9.17) is 5.73 Å². The highest BCUT2D eigenvalue weighted by Crippen LogP contribution is 2.28. The first-order chi connectivity index (χ1) is 7.31. The van der Waals surface area contributed by atoms with E-state index in [-0.39, 0.29) is 17.5 Å². The van der Waals surface area contributed by atoms with Crippen LogP contribution in [0.2, 0.25) is 0 Å². The first kappa shape index (κ1) is 13.5. The molecule has 2 N–H and O–H groups in total. The van der Waals surface area contributed by atoms with Gasteiger partial charge in [-0.2, -0.15) is 0 Å². The van der Waals surface area contributed by atoms with Gasteiger partial charge in [0, 0.05) is 31.7 Å². The largest absolute Gasteiger partial charge is 0.344 e. The lowest BCUT2D eigenvalue weighted by Gasteiger charge is -2.43. The van der Waals surface area contributed by atoms with Crippen LogP contribution in [-0.2, 0) is 4.79 Å². The fourth-order valence-electron chi connectivity index (χ4n) is 2.75. The van der Waals surface area contributed by atoms with Gasteiger partial charge in [0.1, 0.15) is 6.04 Å². The number of hydrogen-bond donors (Lipinski definition) is 1. The third-order valence-electron chi connectivity index (χ3n) is 3.53. The molecule has 1 aliphatic heterocycles. The molecule has 4 nitrogen and oxygen atoms in total. The van der Waals surface area contributed by atoms with E-state index in [0.29, 0.717) is 12.6 Å². The Balaban J connectivity index is 3.08. The third-order valence-corrected chi connectivity index (χ3v) is 3.53. The van der Waals surface area contributed by atoms with Gasteiger partial charge in [0.2, 0.25) is 5.91 Å². The predicted molar refractivity (Wildman–Crippen MR) is 66.2 cm³/mol. The van der Waals surface area contributed by atoms with Crippen molar-refractivity contribution in [3.05, 3.63) is 0 Å². The molecule has 1 heterocycles. The summed E-state index contributed by atoms with van der Waals surface area (Å²) in [6.07, 6.45) is 0.990. The standard InChI is InChI=1S/C12H25N3O/c1-9(2)15-10(8-13)11(16)14(5)7-6-12(15,3)4/h9-10H,6-8,13H2,1-5H3. The molecule has 4 heteroatoms. The second-order valence-electron chi connectivity index (χ2n) is 5.57. The molecule has 0 radical (unpaired) electrons. The van der Waals surface area contributed by atoms with Crippen molar-refractivity contribution in [1.29, 1.82) is 0 Å². The second kappa shape index (κ2) is 4.72. The quantitative estimate of drug-likeness (QED) is 0.754. The predicted octanol–water partition coefficient (Wildman–Crippen LogP) is 0.665. The van der Waals surface area contributed by atoms with Crippen LogP contribution in [0.15, 0.2) is 0 Å². The zero-order chi connectivity index (χ0) is 12.5. The maximum atomic E-state index is 12.2. The Morgan fingerprint density at radius 2 is 2.06 bits per heavy atom. The number of likely N-dealkylation sites (N-methyl/N-ethyl adjacent to an activating group) is 1. The Kier molecular flexibility index (Phi) is 3.97. The van der Waals surface area contributed by atoms with E-state index in [1.165, 1.54) is 0 Å². The molecule has 0 aromatic rings. The van der Waals surface area contributed by atoms with E-state index in [1.54, 1.807) is 0 Å². The van der Waals surface area contributed by atoms with Gasteiger partial charge < -0.3 is 10.6 Å². The molecule has 0 bridgehead atoms. The molecule has 0 spiro atoms. The summed E-state index contributed by atoms with van der Waals surface area (Å²) in [6, 6.07) is 0.154. The van der Waals surface area contributed by atoms with E-state index >= 15 is 0 Å². The normalized spacial score (nSPS) is 27.3. The average molecular weight is 227 g/mol. The summed E-state index contributed by atoms with van der Waals surface area (Å²) in [4.78, 5) is 16.3. The maximum Gasteiger partial charge on any atom is 0.241 e. The van der Waals surface area contributed by atoms with Crippen LogP contribution in [0, 0.1) is 0 Å². The van der Waals surface area contributed by atoms with E-state index in [9.17, 15) is 4.79 Å². The van der Waals surface area contributed by atoms with Crippen LogP contribution in [-0.4, -0.2) is 53.5 Å². The number of carbonyl (C=O) groups is 1. The Morgan fingerprint density at radius 1 is 1.50 bits per heavy atom. The van der Waals surface area contributed by atoms with Gasteiger partial charge in [-0.25, -0.2) is 0 Å². The van der Waals surface area contributed by atoms with Gasteiger partial charge in [0.05, 0.1) is 0 Å². The van der Waals surface area contributed by atoms with Crippen LogP contribution in [0.3, 0.4) is 0 Å². The first-order valence-corrected chi connectivity index (χ1v) is 6.04. The lowest BCUT2D eigenvalue weighted by Crippen LogP contribution is -2.58. The topological polar surface area (TPSA) is 49.6 Å². The maximum absolute atomic E-state index is 12.2. The summed E-state index contributed by atoms with van der Waals surface area (Å²) >= 11 is 0. The number of rotatable bonds is 2. The molecule has 1 amide bonds. The summed E-state index contributed by atoms with van der Waals surface area (Å²) < 4.78 is 0. The van der Waals surface area contributed by atoms with Crippen LogP contribution in [0.5, 0.6) is 0 Å². The monoisotopic (exact) mass is 227 g/mol. The fraction of sp³-hybridized carbons (Fsp3) is 0.917. The van der Waals surface area contributed by atoms with Crippen LogP contribution in [0.4, 0.5) is 0 Å². The molecule has 0 aliphatic carbocycles.